The zero-order valence-corrected chi connectivity index (χ0v) is 47.0. The molecule has 6 heteroatoms. The molecule has 3 aliphatic carbocycles. The Morgan fingerprint density at radius 2 is 0.732 bits per heavy atom. The van der Waals surface area contributed by atoms with Crippen LogP contribution in [0.2, 0.25) is 0 Å². The number of pyridine rings is 2. The fourth-order valence-corrected chi connectivity index (χ4v) is 12.8. The Hall–Kier alpha value is -9.46. The number of hydrogen-bond acceptors (Lipinski definition) is 6. The van der Waals surface area contributed by atoms with Crippen molar-refractivity contribution in [1.82, 2.24) is 9.97 Å². The Morgan fingerprint density at radius 1 is 0.366 bits per heavy atom. The molecule has 6 nitrogen and oxygen atoms in total. The van der Waals surface area contributed by atoms with E-state index in [-0.39, 0.29) is 0 Å². The van der Waals surface area contributed by atoms with Gasteiger partial charge in [-0.2, -0.15) is 0 Å². The third kappa shape index (κ3) is 10.4. The van der Waals surface area contributed by atoms with Gasteiger partial charge in [0.15, 0.2) is 23.0 Å². The predicted octanol–water partition coefficient (Wildman–Crippen LogP) is 17.1. The first-order valence-electron chi connectivity index (χ1n) is 28.9. The fourth-order valence-electron chi connectivity index (χ4n) is 12.8. The summed E-state index contributed by atoms with van der Waals surface area (Å²) in [6.07, 6.45) is 15.0. The van der Waals surface area contributed by atoms with Crippen molar-refractivity contribution >= 4 is 43.4 Å². The molecule has 0 amide bonds. The van der Waals surface area contributed by atoms with Crippen LogP contribution in [0.5, 0.6) is 23.0 Å². The van der Waals surface area contributed by atoms with Gasteiger partial charge in [0.1, 0.15) is 0 Å². The van der Waals surface area contributed by atoms with E-state index in [1.54, 1.807) is 28.4 Å². The van der Waals surface area contributed by atoms with E-state index in [2.05, 4.69) is 181 Å². The van der Waals surface area contributed by atoms with Gasteiger partial charge in [0.2, 0.25) is 0 Å². The van der Waals surface area contributed by atoms with Crippen LogP contribution in [0.3, 0.4) is 0 Å². The molecule has 10 aromatic rings. The van der Waals surface area contributed by atoms with Gasteiger partial charge in [-0.05, 0) is 214 Å². The summed E-state index contributed by atoms with van der Waals surface area (Å²) < 4.78 is 23.7. The van der Waals surface area contributed by atoms with Crippen LogP contribution in [0, 0.1) is 47.4 Å². The van der Waals surface area contributed by atoms with E-state index in [0.29, 0.717) is 46.0 Å². The molecule has 0 spiro atoms. The lowest BCUT2D eigenvalue weighted by Crippen LogP contribution is -2.08. The number of benzene rings is 8. The molecule has 2 fully saturated rings. The van der Waals surface area contributed by atoms with Crippen molar-refractivity contribution in [3.8, 4) is 104 Å². The molecule has 0 N–H and O–H groups in total. The highest BCUT2D eigenvalue weighted by Crippen LogP contribution is 2.43. The molecule has 0 atom stereocenters. The molecule has 2 heterocycles. The van der Waals surface area contributed by atoms with Crippen molar-refractivity contribution in [2.75, 3.05) is 28.4 Å². The Bertz CT molecular complexity index is 4100. The molecule has 400 valence electrons. The van der Waals surface area contributed by atoms with Gasteiger partial charge in [0, 0.05) is 32.7 Å². The molecule has 0 bridgehead atoms. The highest BCUT2D eigenvalue weighted by molar-refractivity contribution is 6.04. The first-order chi connectivity index (χ1) is 40.4. The van der Waals surface area contributed by atoms with Crippen molar-refractivity contribution in [3.05, 3.63) is 190 Å². The molecule has 0 saturated heterocycles. The molecule has 0 aliphatic heterocycles. The van der Waals surface area contributed by atoms with E-state index in [1.807, 2.05) is 12.1 Å². The number of aromatic nitrogens is 2. The topological polar surface area (TPSA) is 62.7 Å². The van der Waals surface area contributed by atoms with Crippen LogP contribution in [0.1, 0.15) is 121 Å². The quantitative estimate of drug-likeness (QED) is 0.112. The number of rotatable bonds is 8. The summed E-state index contributed by atoms with van der Waals surface area (Å²) in [6, 6.07) is 52.1. The summed E-state index contributed by atoms with van der Waals surface area (Å²) in [4.78, 5) is 10.8. The largest absolute Gasteiger partial charge is 0.493 e. The number of fused-ring (bicyclic) bond motifs is 7. The monoisotopic (exact) mass is 1070 g/mol. The van der Waals surface area contributed by atoms with Crippen LogP contribution in [0.25, 0.3) is 77.0 Å². The Balaban J connectivity index is 0.796. The average molecular weight is 1070 g/mol. The van der Waals surface area contributed by atoms with E-state index in [4.69, 9.17) is 28.9 Å². The van der Waals surface area contributed by atoms with Crippen LogP contribution >= 0.6 is 0 Å². The highest BCUT2D eigenvalue weighted by Gasteiger charge is 2.24. The van der Waals surface area contributed by atoms with Crippen LogP contribution < -0.4 is 18.9 Å². The molecule has 0 unspecified atom stereocenters. The molecule has 2 aromatic heterocycles. The summed E-state index contributed by atoms with van der Waals surface area (Å²) in [5.41, 5.74) is 16.6. The maximum Gasteiger partial charge on any atom is 0.177 e. The SMILES string of the molecule is COc1cc2cc3cc4c(nc3cc2c(C#CC#Cc2ccc(-c3ccc(C5CCCCC5)cc3)cc2)c1OC)-c1nc2cc3c(C#CC#Cc5ccc(-c6ccc(C7CCCCC7)cc6)cc5)c(OC)c(OC)cc3cc2cc1CC4. The van der Waals surface area contributed by atoms with Gasteiger partial charge in [0.05, 0.1) is 62.0 Å². The number of nitrogens with zero attached hydrogens (tertiary/aromatic N) is 2. The number of methoxy groups -OCH3 is 4. The van der Waals surface area contributed by atoms with Crippen LogP contribution in [-0.2, 0) is 12.8 Å². The van der Waals surface area contributed by atoms with E-state index >= 15 is 0 Å². The predicted molar refractivity (Wildman–Crippen MR) is 334 cm³/mol. The first-order valence-corrected chi connectivity index (χ1v) is 28.9. The van der Waals surface area contributed by atoms with Crippen LogP contribution in [-0.4, -0.2) is 38.4 Å². The lowest BCUT2D eigenvalue weighted by atomic mass is 9.84. The third-order valence-corrected chi connectivity index (χ3v) is 17.2. The minimum absolute atomic E-state index is 0.549. The van der Waals surface area contributed by atoms with Gasteiger partial charge < -0.3 is 18.9 Å². The maximum absolute atomic E-state index is 5.99. The Morgan fingerprint density at radius 3 is 1.10 bits per heavy atom. The minimum atomic E-state index is 0.549. The van der Waals surface area contributed by atoms with Gasteiger partial charge in [-0.1, -0.05) is 123 Å². The smallest absolute Gasteiger partial charge is 0.177 e. The molecule has 3 aliphatic rings. The van der Waals surface area contributed by atoms with E-state index in [0.717, 1.165) is 89.8 Å². The lowest BCUT2D eigenvalue weighted by molar-refractivity contribution is 0.355. The van der Waals surface area contributed by atoms with Crippen molar-refractivity contribution in [3.63, 3.8) is 0 Å². The first kappa shape index (κ1) is 51.9. The molecular weight excluding hydrogens is 1000 g/mol. The maximum atomic E-state index is 5.99. The molecule has 8 aromatic carbocycles. The minimum Gasteiger partial charge on any atom is -0.493 e. The second kappa shape index (κ2) is 23.0. The molecular formula is C76H62N2O4. The summed E-state index contributed by atoms with van der Waals surface area (Å²) in [5.74, 6) is 29.4. The van der Waals surface area contributed by atoms with Crippen molar-refractivity contribution in [2.45, 2.75) is 88.9 Å². The van der Waals surface area contributed by atoms with Crippen molar-refractivity contribution in [2.24, 2.45) is 0 Å². The van der Waals surface area contributed by atoms with Gasteiger partial charge in [0.25, 0.3) is 0 Å². The third-order valence-electron chi connectivity index (χ3n) is 17.2. The second-order valence-electron chi connectivity index (χ2n) is 22.1. The van der Waals surface area contributed by atoms with Crippen LogP contribution in [0.4, 0.5) is 0 Å². The zero-order valence-electron chi connectivity index (χ0n) is 47.0. The summed E-state index contributed by atoms with van der Waals surface area (Å²) in [6.45, 7) is 0. The number of ether oxygens (including phenoxy) is 4. The fraction of sp³-hybridized carbons (Fsp3) is 0.237. The highest BCUT2D eigenvalue weighted by atomic mass is 16.5. The standard InChI is InChI=1S/C76H62N2O4/c1-79-71-45-61-43-63-41-59-39-40-60-42-64-44-62-46-72(80-2)76(82-4)66(22-14-12-16-50-25-29-54(30-26-50)58-37-33-56(34-38-58)52-19-9-6-10-20-52)68(62)48-70(64)78-74(60)73(59)77-69(63)47-67(61)65(75(71)81-3)21-13-11-15-49-23-27-53(28-24-49)57-35-31-55(32-36-57)51-17-7-5-8-18-51/h23-38,41-48,51-52H,5-10,17-20,39-40H2,1-4H3. The van der Waals surface area contributed by atoms with Crippen molar-refractivity contribution in [1.29, 1.82) is 0 Å². The van der Waals surface area contributed by atoms with E-state index < -0.39 is 0 Å². The summed E-state index contributed by atoms with van der Waals surface area (Å²) in [5, 5.41) is 5.77. The van der Waals surface area contributed by atoms with Gasteiger partial charge in [-0.15, -0.1) is 0 Å². The van der Waals surface area contributed by atoms with Gasteiger partial charge in [-0.3, -0.25) is 0 Å². The van der Waals surface area contributed by atoms with Crippen molar-refractivity contribution < 1.29 is 18.9 Å². The molecule has 82 heavy (non-hydrogen) atoms. The summed E-state index contributed by atoms with van der Waals surface area (Å²) >= 11 is 0. The van der Waals surface area contributed by atoms with Gasteiger partial charge in [-0.25, -0.2) is 9.97 Å². The molecule has 2 saturated carbocycles. The average Bonchev–Trinajstić information content (AvgIpc) is 3.01. The normalized spacial score (nSPS) is 14.0. The number of hydrogen-bond donors (Lipinski definition) is 0. The molecule has 13 rings (SSSR count). The Labute approximate surface area is 481 Å². The number of aryl methyl sites for hydroxylation is 2. The summed E-state index contributed by atoms with van der Waals surface area (Å²) in [7, 11) is 6.59. The van der Waals surface area contributed by atoms with Gasteiger partial charge >= 0.3 is 0 Å². The second-order valence-corrected chi connectivity index (χ2v) is 22.1. The Kier molecular flexibility index (Phi) is 14.5. The van der Waals surface area contributed by atoms with E-state index in [9.17, 15) is 0 Å². The lowest BCUT2D eigenvalue weighted by Gasteiger charge is -2.22. The van der Waals surface area contributed by atoms with Crippen LogP contribution in [0.15, 0.2) is 146 Å². The van der Waals surface area contributed by atoms with E-state index in [1.165, 1.54) is 97.6 Å². The zero-order chi connectivity index (χ0) is 55.5. The molecule has 0 radical (unpaired) electrons.